The summed E-state index contributed by atoms with van der Waals surface area (Å²) in [4.78, 5) is 16.5. The highest BCUT2D eigenvalue weighted by Crippen LogP contribution is 2.23. The number of hydrogen-bond acceptors (Lipinski definition) is 6. The van der Waals surface area contributed by atoms with E-state index in [0.717, 1.165) is 5.69 Å². The first kappa shape index (κ1) is 18.3. The first-order chi connectivity index (χ1) is 12.3. The van der Waals surface area contributed by atoms with Gasteiger partial charge in [0.2, 0.25) is 10.0 Å². The number of aromatic nitrogens is 1. The Balaban J connectivity index is 1.68. The third kappa shape index (κ3) is 4.58. The fourth-order valence-electron chi connectivity index (χ4n) is 2.05. The Kier molecular flexibility index (Phi) is 5.23. The molecule has 2 aromatic carbocycles. The van der Waals surface area contributed by atoms with Crippen molar-refractivity contribution in [1.82, 2.24) is 4.98 Å². The molecule has 7 nitrogen and oxygen atoms in total. The monoisotopic (exact) mass is 408 g/mol. The first-order valence-electron chi connectivity index (χ1n) is 7.23. The van der Waals surface area contributed by atoms with Crippen LogP contribution in [0.25, 0.3) is 0 Å². The molecule has 0 fully saturated rings. The van der Waals surface area contributed by atoms with Crippen LogP contribution in [-0.2, 0) is 10.0 Å². The third-order valence-electron chi connectivity index (χ3n) is 3.25. The molecule has 0 unspecified atom stereocenters. The molecule has 4 N–H and O–H groups in total. The standard InChI is InChI=1S/C16H13ClN4O3S2/c17-10-2-1-3-12(8-10)20-16-21-14(9-25-16)15(22)19-11-4-6-13(7-5-11)26(18,23)24/h1-9H,(H,19,22)(H,20,21)(H2,18,23,24). The summed E-state index contributed by atoms with van der Waals surface area (Å²) in [5.41, 5.74) is 1.42. The Bertz CT molecular complexity index is 1050. The summed E-state index contributed by atoms with van der Waals surface area (Å²) in [6, 6.07) is 12.7. The smallest absolute Gasteiger partial charge is 0.275 e. The van der Waals surface area contributed by atoms with Crippen LogP contribution in [0.2, 0.25) is 5.02 Å². The van der Waals surface area contributed by atoms with Gasteiger partial charge >= 0.3 is 0 Å². The summed E-state index contributed by atoms with van der Waals surface area (Å²) >= 11 is 7.20. The lowest BCUT2D eigenvalue weighted by Gasteiger charge is -2.04. The second-order valence-electron chi connectivity index (χ2n) is 5.20. The molecule has 0 aliphatic carbocycles. The predicted octanol–water partition coefficient (Wildman–Crippen LogP) is 3.44. The maximum atomic E-state index is 12.3. The number of benzene rings is 2. The molecule has 0 radical (unpaired) electrons. The molecule has 0 saturated carbocycles. The molecular formula is C16H13ClN4O3S2. The van der Waals surface area contributed by atoms with Crippen molar-refractivity contribution in [3.8, 4) is 0 Å². The SMILES string of the molecule is NS(=O)(=O)c1ccc(NC(=O)c2csc(Nc3cccc(Cl)c3)n2)cc1. The van der Waals surface area contributed by atoms with Crippen LogP contribution in [0.4, 0.5) is 16.5 Å². The highest BCUT2D eigenvalue weighted by molar-refractivity contribution is 7.89. The number of anilines is 3. The van der Waals surface area contributed by atoms with Gasteiger partial charge in [0.1, 0.15) is 5.69 Å². The van der Waals surface area contributed by atoms with Crippen LogP contribution < -0.4 is 15.8 Å². The number of thiazole rings is 1. The van der Waals surface area contributed by atoms with Gasteiger partial charge in [0.15, 0.2) is 5.13 Å². The summed E-state index contributed by atoms with van der Waals surface area (Å²) < 4.78 is 22.5. The van der Waals surface area contributed by atoms with E-state index in [4.69, 9.17) is 16.7 Å². The zero-order valence-corrected chi connectivity index (χ0v) is 15.5. The molecule has 1 heterocycles. The minimum absolute atomic E-state index is 0.0304. The van der Waals surface area contributed by atoms with Crippen molar-refractivity contribution in [1.29, 1.82) is 0 Å². The Morgan fingerprint density at radius 1 is 1.12 bits per heavy atom. The number of hydrogen-bond donors (Lipinski definition) is 3. The zero-order chi connectivity index (χ0) is 18.7. The van der Waals surface area contributed by atoms with Gasteiger partial charge < -0.3 is 10.6 Å². The van der Waals surface area contributed by atoms with E-state index in [1.807, 2.05) is 6.07 Å². The van der Waals surface area contributed by atoms with Gasteiger partial charge in [0, 0.05) is 21.8 Å². The zero-order valence-electron chi connectivity index (χ0n) is 13.1. The minimum Gasteiger partial charge on any atom is -0.331 e. The largest absolute Gasteiger partial charge is 0.331 e. The summed E-state index contributed by atoms with van der Waals surface area (Å²) in [7, 11) is -3.77. The van der Waals surface area contributed by atoms with E-state index in [-0.39, 0.29) is 10.6 Å². The van der Waals surface area contributed by atoms with Crippen molar-refractivity contribution < 1.29 is 13.2 Å². The van der Waals surface area contributed by atoms with E-state index in [2.05, 4.69) is 15.6 Å². The Hall–Kier alpha value is -2.46. The van der Waals surface area contributed by atoms with Gasteiger partial charge in [-0.15, -0.1) is 11.3 Å². The van der Waals surface area contributed by atoms with Gasteiger partial charge in [-0.2, -0.15) is 0 Å². The summed E-state index contributed by atoms with van der Waals surface area (Å²) in [5, 5.41) is 13.5. The maximum absolute atomic E-state index is 12.3. The Morgan fingerprint density at radius 2 is 1.85 bits per heavy atom. The Labute approximate surface area is 158 Å². The molecule has 0 bridgehead atoms. The van der Waals surface area contributed by atoms with Crippen molar-refractivity contribution in [3.05, 3.63) is 64.6 Å². The number of amides is 1. The molecule has 0 spiro atoms. The molecule has 3 aromatic rings. The van der Waals surface area contributed by atoms with Gasteiger partial charge in [-0.25, -0.2) is 18.5 Å². The lowest BCUT2D eigenvalue weighted by atomic mass is 10.3. The molecule has 1 amide bonds. The van der Waals surface area contributed by atoms with Crippen molar-refractivity contribution >= 4 is 55.4 Å². The van der Waals surface area contributed by atoms with Crippen LogP contribution in [-0.4, -0.2) is 19.3 Å². The van der Waals surface area contributed by atoms with E-state index < -0.39 is 15.9 Å². The average Bonchev–Trinajstić information content (AvgIpc) is 3.03. The van der Waals surface area contributed by atoms with Gasteiger partial charge in [0.25, 0.3) is 5.91 Å². The van der Waals surface area contributed by atoms with Crippen molar-refractivity contribution in [2.24, 2.45) is 5.14 Å². The van der Waals surface area contributed by atoms with E-state index in [1.54, 1.807) is 23.6 Å². The molecule has 0 aliphatic rings. The van der Waals surface area contributed by atoms with E-state index in [9.17, 15) is 13.2 Å². The lowest BCUT2D eigenvalue weighted by Crippen LogP contribution is -2.14. The number of carbonyl (C=O) groups excluding carboxylic acids is 1. The molecule has 26 heavy (non-hydrogen) atoms. The number of nitrogens with zero attached hydrogens (tertiary/aromatic N) is 1. The van der Waals surface area contributed by atoms with Gasteiger partial charge in [-0.3, -0.25) is 4.79 Å². The maximum Gasteiger partial charge on any atom is 0.275 e. The second kappa shape index (κ2) is 7.42. The van der Waals surface area contributed by atoms with Crippen LogP contribution in [0.3, 0.4) is 0 Å². The first-order valence-corrected chi connectivity index (χ1v) is 10.0. The molecule has 1 aromatic heterocycles. The molecule has 10 heteroatoms. The quantitative estimate of drug-likeness (QED) is 0.598. The topological polar surface area (TPSA) is 114 Å². The number of rotatable bonds is 5. The van der Waals surface area contributed by atoms with Crippen molar-refractivity contribution in [3.63, 3.8) is 0 Å². The van der Waals surface area contributed by atoms with Gasteiger partial charge in [-0.05, 0) is 42.5 Å². The predicted molar refractivity (Wildman–Crippen MR) is 103 cm³/mol. The highest BCUT2D eigenvalue weighted by atomic mass is 35.5. The van der Waals surface area contributed by atoms with Gasteiger partial charge in [-0.1, -0.05) is 17.7 Å². The number of carbonyl (C=O) groups is 1. The van der Waals surface area contributed by atoms with Crippen LogP contribution in [0.15, 0.2) is 58.8 Å². The number of nitrogens with one attached hydrogen (secondary N) is 2. The fourth-order valence-corrected chi connectivity index (χ4v) is 3.46. The minimum atomic E-state index is -3.77. The molecule has 0 saturated heterocycles. The van der Waals surface area contributed by atoms with Crippen LogP contribution >= 0.6 is 22.9 Å². The second-order valence-corrected chi connectivity index (χ2v) is 8.05. The van der Waals surface area contributed by atoms with Crippen LogP contribution in [0, 0.1) is 0 Å². The van der Waals surface area contributed by atoms with E-state index in [1.165, 1.54) is 35.6 Å². The molecule has 0 aliphatic heterocycles. The molecule has 3 rings (SSSR count). The molecular weight excluding hydrogens is 396 g/mol. The number of sulfonamides is 1. The van der Waals surface area contributed by atoms with Crippen LogP contribution in [0.1, 0.15) is 10.5 Å². The van der Waals surface area contributed by atoms with Gasteiger partial charge in [0.05, 0.1) is 4.90 Å². The summed E-state index contributed by atoms with van der Waals surface area (Å²) in [5.74, 6) is -0.413. The van der Waals surface area contributed by atoms with E-state index in [0.29, 0.717) is 15.8 Å². The number of primary sulfonamides is 1. The number of halogens is 1. The molecule has 0 atom stereocenters. The number of nitrogens with two attached hydrogens (primary N) is 1. The third-order valence-corrected chi connectivity index (χ3v) is 5.18. The average molecular weight is 409 g/mol. The normalized spacial score (nSPS) is 11.2. The Morgan fingerprint density at radius 3 is 2.50 bits per heavy atom. The summed E-state index contributed by atoms with van der Waals surface area (Å²) in [6.07, 6.45) is 0. The highest BCUT2D eigenvalue weighted by Gasteiger charge is 2.12. The van der Waals surface area contributed by atoms with Crippen molar-refractivity contribution in [2.45, 2.75) is 4.90 Å². The van der Waals surface area contributed by atoms with Crippen LogP contribution in [0.5, 0.6) is 0 Å². The van der Waals surface area contributed by atoms with Crippen molar-refractivity contribution in [2.75, 3.05) is 10.6 Å². The van der Waals surface area contributed by atoms with E-state index >= 15 is 0 Å². The molecule has 134 valence electrons. The summed E-state index contributed by atoms with van der Waals surface area (Å²) in [6.45, 7) is 0. The fraction of sp³-hybridized carbons (Fsp3) is 0. The lowest BCUT2D eigenvalue weighted by molar-refractivity contribution is 0.102.